The van der Waals surface area contributed by atoms with Crippen LogP contribution in [0.3, 0.4) is 0 Å². The van der Waals surface area contributed by atoms with Crippen LogP contribution in [0.15, 0.2) is 72.8 Å². The molecule has 0 unspecified atom stereocenters. The van der Waals surface area contributed by atoms with E-state index in [0.717, 1.165) is 11.1 Å². The molecule has 0 bridgehead atoms. The number of benzene rings is 3. The van der Waals surface area contributed by atoms with Gasteiger partial charge in [-0.1, -0.05) is 65.7 Å². The number of hydrogen-bond donors (Lipinski definition) is 0. The molecule has 0 saturated carbocycles. The summed E-state index contributed by atoms with van der Waals surface area (Å²) in [7, 11) is 0. The summed E-state index contributed by atoms with van der Waals surface area (Å²) in [4.78, 5) is 27.0. The van der Waals surface area contributed by atoms with E-state index in [-0.39, 0.29) is 11.5 Å². The smallest absolute Gasteiger partial charge is 0.269 e. The van der Waals surface area contributed by atoms with Crippen LogP contribution in [0.2, 0.25) is 5.02 Å². The molecule has 0 spiro atoms. The van der Waals surface area contributed by atoms with Gasteiger partial charge in [-0.05, 0) is 36.2 Å². The molecule has 2 aliphatic heterocycles. The summed E-state index contributed by atoms with van der Waals surface area (Å²) >= 11 is 6.22. The van der Waals surface area contributed by atoms with E-state index in [1.54, 1.807) is 48.6 Å². The third kappa shape index (κ3) is 3.45. The van der Waals surface area contributed by atoms with Gasteiger partial charge in [-0.2, -0.15) is 10.5 Å². The number of nitrogens with zero attached hydrogens (tertiary/aromatic N) is 4. The van der Waals surface area contributed by atoms with Crippen LogP contribution < -0.4 is 4.90 Å². The van der Waals surface area contributed by atoms with Crippen LogP contribution in [0, 0.1) is 45.1 Å². The number of fused-ring (bicyclic) bond motifs is 3. The molecule has 2 heterocycles. The van der Waals surface area contributed by atoms with Crippen molar-refractivity contribution < 1.29 is 9.72 Å². The average molecular weight is 495 g/mol. The van der Waals surface area contributed by atoms with E-state index in [9.17, 15) is 25.4 Å². The number of nitro groups is 1. The van der Waals surface area contributed by atoms with Crippen LogP contribution in [-0.2, 0) is 0 Å². The zero-order valence-corrected chi connectivity index (χ0v) is 19.9. The molecule has 2 aliphatic rings. The molecule has 176 valence electrons. The summed E-state index contributed by atoms with van der Waals surface area (Å²) in [5, 5.41) is 33.0. The second-order valence-electron chi connectivity index (χ2n) is 9.01. The highest BCUT2D eigenvalue weighted by Gasteiger charge is 2.63. The van der Waals surface area contributed by atoms with Gasteiger partial charge < -0.3 is 4.90 Å². The fourth-order valence-electron chi connectivity index (χ4n) is 5.36. The minimum absolute atomic E-state index is 0.175. The number of nitro benzene ring substituents is 1. The molecule has 1 fully saturated rings. The Morgan fingerprint density at radius 2 is 1.81 bits per heavy atom. The lowest BCUT2D eigenvalue weighted by molar-refractivity contribution is -0.384. The molecule has 0 aromatic heterocycles. The topological polar surface area (TPSA) is 111 Å². The summed E-state index contributed by atoms with van der Waals surface area (Å²) in [6.45, 7) is 1.91. The Bertz CT molecular complexity index is 1500. The maximum absolute atomic E-state index is 14.2. The molecule has 3 atom stereocenters. The number of halogens is 1. The van der Waals surface area contributed by atoms with Crippen LogP contribution in [-0.4, -0.2) is 22.8 Å². The number of carbonyl (C=O) groups is 1. The second kappa shape index (κ2) is 8.64. The zero-order chi connectivity index (χ0) is 25.6. The number of anilines is 1. The Hall–Kier alpha value is -4.46. The SMILES string of the molecule is Cc1ccc(C(=O)[C@H]2[C@H](c3cccc([N+](=O)[O-])c3)C(C#N)(C#N)[C@H]3C=Cc4cc(Cl)ccc4N23)cc1. The van der Waals surface area contributed by atoms with Crippen LogP contribution in [0.4, 0.5) is 11.4 Å². The van der Waals surface area contributed by atoms with Gasteiger partial charge in [0.2, 0.25) is 0 Å². The lowest BCUT2D eigenvalue weighted by atomic mass is 9.69. The predicted octanol–water partition coefficient (Wildman–Crippen LogP) is 5.84. The number of rotatable bonds is 4. The molecular formula is C28H19ClN4O3. The van der Waals surface area contributed by atoms with Gasteiger partial charge in [0.05, 0.1) is 23.1 Å². The minimum Gasteiger partial charge on any atom is -0.351 e. The molecule has 1 saturated heterocycles. The van der Waals surface area contributed by atoms with Gasteiger partial charge in [0.15, 0.2) is 11.2 Å². The van der Waals surface area contributed by atoms with E-state index in [1.165, 1.54) is 18.2 Å². The zero-order valence-electron chi connectivity index (χ0n) is 19.1. The first-order chi connectivity index (χ1) is 17.3. The number of hydrogen-bond acceptors (Lipinski definition) is 6. The number of nitriles is 2. The van der Waals surface area contributed by atoms with Crippen LogP contribution in [0.25, 0.3) is 6.08 Å². The third-order valence-electron chi connectivity index (χ3n) is 7.01. The number of Topliss-reactive ketones (excluding diaryl/α,β-unsaturated/α-hetero) is 1. The first-order valence-corrected chi connectivity index (χ1v) is 11.6. The van der Waals surface area contributed by atoms with Gasteiger partial charge in [-0.25, -0.2) is 0 Å². The van der Waals surface area contributed by atoms with E-state index in [2.05, 4.69) is 12.1 Å². The van der Waals surface area contributed by atoms with Gasteiger partial charge in [0.25, 0.3) is 5.69 Å². The Balaban J connectivity index is 1.79. The predicted molar refractivity (Wildman–Crippen MR) is 136 cm³/mol. The van der Waals surface area contributed by atoms with Crippen LogP contribution >= 0.6 is 11.6 Å². The van der Waals surface area contributed by atoms with Gasteiger partial charge in [-0.15, -0.1) is 0 Å². The third-order valence-corrected chi connectivity index (χ3v) is 7.25. The van der Waals surface area contributed by atoms with E-state index >= 15 is 0 Å². The molecule has 0 N–H and O–H groups in total. The van der Waals surface area contributed by atoms with E-state index in [4.69, 9.17) is 11.6 Å². The molecule has 5 rings (SSSR count). The normalized spacial score (nSPS) is 21.1. The summed E-state index contributed by atoms with van der Waals surface area (Å²) in [5.74, 6) is -1.24. The Labute approximate surface area is 212 Å². The van der Waals surface area contributed by atoms with Crippen LogP contribution in [0.1, 0.15) is 33.0 Å². The van der Waals surface area contributed by atoms with E-state index in [0.29, 0.717) is 21.8 Å². The van der Waals surface area contributed by atoms with Crippen molar-refractivity contribution in [2.24, 2.45) is 5.41 Å². The van der Waals surface area contributed by atoms with Crippen molar-refractivity contribution in [3.8, 4) is 12.1 Å². The van der Waals surface area contributed by atoms with Gasteiger partial charge in [-0.3, -0.25) is 14.9 Å². The summed E-state index contributed by atoms with van der Waals surface area (Å²) in [6.07, 6.45) is 3.55. The van der Waals surface area contributed by atoms with Crippen molar-refractivity contribution in [1.82, 2.24) is 0 Å². The average Bonchev–Trinajstić information content (AvgIpc) is 3.19. The maximum atomic E-state index is 14.2. The minimum atomic E-state index is -1.69. The highest BCUT2D eigenvalue weighted by atomic mass is 35.5. The van der Waals surface area contributed by atoms with Crippen molar-refractivity contribution in [3.05, 3.63) is 110 Å². The molecule has 3 aromatic carbocycles. The van der Waals surface area contributed by atoms with Gasteiger partial charge in [0, 0.05) is 34.3 Å². The molecular weight excluding hydrogens is 476 g/mol. The molecule has 7 nitrogen and oxygen atoms in total. The quantitative estimate of drug-likeness (QED) is 0.256. The highest BCUT2D eigenvalue weighted by molar-refractivity contribution is 6.30. The largest absolute Gasteiger partial charge is 0.351 e. The van der Waals surface area contributed by atoms with Gasteiger partial charge >= 0.3 is 0 Å². The Morgan fingerprint density at radius 1 is 1.08 bits per heavy atom. The molecule has 0 amide bonds. The number of aryl methyl sites for hydroxylation is 1. The Kier molecular flexibility index (Phi) is 5.59. The standard InChI is InChI=1S/C28H19ClN4O3/c1-17-5-7-18(8-6-17)27(34)26-25(20-3-2-4-22(14-20)33(35)36)28(15-30,16-31)24-12-9-19-13-21(29)10-11-23(19)32(24)26/h2-14,24-26H,1H3/t24-,25+,26-/m1/s1. The lowest BCUT2D eigenvalue weighted by Gasteiger charge is -2.35. The van der Waals surface area contributed by atoms with Gasteiger partial charge in [0.1, 0.15) is 6.04 Å². The molecule has 3 aromatic rings. The molecule has 0 aliphatic carbocycles. The molecule has 36 heavy (non-hydrogen) atoms. The monoisotopic (exact) mass is 494 g/mol. The molecule has 0 radical (unpaired) electrons. The number of non-ortho nitro benzene ring substituents is 1. The molecule has 8 heteroatoms. The summed E-state index contributed by atoms with van der Waals surface area (Å²) in [5.41, 5.74) is 1.35. The van der Waals surface area contributed by atoms with Crippen molar-refractivity contribution in [1.29, 1.82) is 10.5 Å². The summed E-state index contributed by atoms with van der Waals surface area (Å²) < 4.78 is 0. The lowest BCUT2D eigenvalue weighted by Crippen LogP contribution is -2.44. The number of carbonyl (C=O) groups excluding carboxylic acids is 1. The van der Waals surface area contributed by atoms with E-state index in [1.807, 2.05) is 24.0 Å². The second-order valence-corrected chi connectivity index (χ2v) is 9.45. The van der Waals surface area contributed by atoms with Crippen molar-refractivity contribution in [2.75, 3.05) is 4.90 Å². The fraction of sp³-hybridized carbons (Fsp3) is 0.179. The first-order valence-electron chi connectivity index (χ1n) is 11.2. The highest BCUT2D eigenvalue weighted by Crippen LogP contribution is 2.56. The van der Waals surface area contributed by atoms with Crippen molar-refractivity contribution in [2.45, 2.75) is 24.9 Å². The fourth-order valence-corrected chi connectivity index (χ4v) is 5.54. The van der Waals surface area contributed by atoms with Crippen LogP contribution in [0.5, 0.6) is 0 Å². The first kappa shape index (κ1) is 23.3. The van der Waals surface area contributed by atoms with E-state index < -0.39 is 28.3 Å². The maximum Gasteiger partial charge on any atom is 0.269 e. The van der Waals surface area contributed by atoms with Crippen molar-refractivity contribution >= 4 is 34.8 Å². The Morgan fingerprint density at radius 3 is 2.47 bits per heavy atom. The summed E-state index contributed by atoms with van der Waals surface area (Å²) in [6, 6.07) is 20.9. The van der Waals surface area contributed by atoms with Crippen molar-refractivity contribution in [3.63, 3.8) is 0 Å². The number of ketones is 1.